The van der Waals surface area contributed by atoms with Crippen LogP contribution in [0.4, 0.5) is 0 Å². The summed E-state index contributed by atoms with van der Waals surface area (Å²) in [5, 5.41) is 0. The van der Waals surface area contributed by atoms with E-state index in [0.29, 0.717) is 13.0 Å². The van der Waals surface area contributed by atoms with Crippen LogP contribution in [0.3, 0.4) is 0 Å². The first-order valence-corrected chi connectivity index (χ1v) is 6.07. The molecule has 0 spiro atoms. The van der Waals surface area contributed by atoms with E-state index in [1.165, 1.54) is 25.9 Å². The van der Waals surface area contributed by atoms with Crippen molar-refractivity contribution in [1.29, 1.82) is 0 Å². The van der Waals surface area contributed by atoms with Crippen LogP contribution in [-0.2, 0) is 9.53 Å². The number of likely N-dealkylation sites (tertiary alicyclic amines) is 1. The molecular formula is C12H26NO2+. The van der Waals surface area contributed by atoms with Gasteiger partial charge in [0.2, 0.25) is 0 Å². The van der Waals surface area contributed by atoms with Crippen molar-refractivity contribution in [2.24, 2.45) is 5.92 Å². The smallest absolute Gasteiger partial charge is 0.305 e. The molecule has 1 heterocycles. The lowest BCUT2D eigenvalue weighted by atomic mass is 10.0. The SMILES string of the molecule is CC1CCC[NH+](C)C1.CCOC(=O)CC. The maximum atomic E-state index is 10.2. The molecule has 0 radical (unpaired) electrons. The number of hydrogen-bond donors (Lipinski definition) is 1. The molecule has 0 aromatic heterocycles. The fourth-order valence-electron chi connectivity index (χ4n) is 1.81. The van der Waals surface area contributed by atoms with E-state index >= 15 is 0 Å². The largest absolute Gasteiger partial charge is 0.466 e. The molecule has 1 fully saturated rings. The molecule has 0 aromatic carbocycles. The van der Waals surface area contributed by atoms with Gasteiger partial charge in [-0.15, -0.1) is 0 Å². The van der Waals surface area contributed by atoms with Gasteiger partial charge in [0.05, 0.1) is 26.7 Å². The van der Waals surface area contributed by atoms with Crippen molar-refractivity contribution in [3.8, 4) is 0 Å². The van der Waals surface area contributed by atoms with E-state index < -0.39 is 0 Å². The molecule has 0 aromatic rings. The Kier molecular flexibility index (Phi) is 8.38. The molecule has 1 N–H and O–H groups in total. The van der Waals surface area contributed by atoms with Gasteiger partial charge in [-0.25, -0.2) is 0 Å². The molecule has 2 unspecified atom stereocenters. The average molecular weight is 216 g/mol. The highest BCUT2D eigenvalue weighted by atomic mass is 16.5. The summed E-state index contributed by atoms with van der Waals surface area (Å²) in [6.07, 6.45) is 3.37. The van der Waals surface area contributed by atoms with Crippen LogP contribution < -0.4 is 4.90 Å². The van der Waals surface area contributed by atoms with Gasteiger partial charge >= 0.3 is 5.97 Å². The molecule has 1 saturated heterocycles. The summed E-state index contributed by atoms with van der Waals surface area (Å²) in [7, 11) is 2.29. The Labute approximate surface area is 93.8 Å². The predicted octanol–water partition coefficient (Wildman–Crippen LogP) is 0.890. The van der Waals surface area contributed by atoms with Gasteiger partial charge in [-0.2, -0.15) is 0 Å². The Bertz CT molecular complexity index is 163. The monoisotopic (exact) mass is 216 g/mol. The summed E-state index contributed by atoms with van der Waals surface area (Å²) in [6, 6.07) is 0. The van der Waals surface area contributed by atoms with Crippen LogP contribution in [0, 0.1) is 5.92 Å². The van der Waals surface area contributed by atoms with Crippen molar-refractivity contribution in [1.82, 2.24) is 0 Å². The number of nitrogens with one attached hydrogen (secondary N) is 1. The summed E-state index contributed by atoms with van der Waals surface area (Å²) < 4.78 is 4.55. The van der Waals surface area contributed by atoms with Crippen molar-refractivity contribution in [3.63, 3.8) is 0 Å². The summed E-state index contributed by atoms with van der Waals surface area (Å²) >= 11 is 0. The van der Waals surface area contributed by atoms with E-state index in [0.717, 1.165) is 5.92 Å². The number of ether oxygens (including phenoxy) is 1. The number of rotatable bonds is 2. The molecule has 0 saturated carbocycles. The van der Waals surface area contributed by atoms with Crippen LogP contribution in [0.1, 0.15) is 40.0 Å². The van der Waals surface area contributed by atoms with Crippen LogP contribution in [0.15, 0.2) is 0 Å². The average Bonchev–Trinajstić information content (AvgIpc) is 2.18. The summed E-state index contributed by atoms with van der Waals surface area (Å²) in [5.74, 6) is 0.853. The molecule has 0 amide bonds. The third-order valence-corrected chi connectivity index (χ3v) is 2.59. The fraction of sp³-hybridized carbons (Fsp3) is 0.917. The zero-order valence-electron chi connectivity index (χ0n) is 10.6. The summed E-state index contributed by atoms with van der Waals surface area (Å²) in [5.41, 5.74) is 0. The molecule has 15 heavy (non-hydrogen) atoms. The van der Waals surface area contributed by atoms with Gasteiger partial charge in [0.25, 0.3) is 0 Å². The summed E-state index contributed by atoms with van der Waals surface area (Å²) in [6.45, 7) is 9.20. The van der Waals surface area contributed by atoms with E-state index in [4.69, 9.17) is 0 Å². The van der Waals surface area contributed by atoms with E-state index in [9.17, 15) is 4.79 Å². The topological polar surface area (TPSA) is 30.7 Å². The number of hydrogen-bond acceptors (Lipinski definition) is 2. The molecule has 90 valence electrons. The third-order valence-electron chi connectivity index (χ3n) is 2.59. The highest BCUT2D eigenvalue weighted by molar-refractivity contribution is 5.68. The standard InChI is InChI=1S/C7H15N.C5H10O2/c1-7-4-3-5-8(2)6-7;1-3-5(6)7-4-2/h7H,3-6H2,1-2H3;3-4H2,1-2H3/p+1. The van der Waals surface area contributed by atoms with E-state index in [-0.39, 0.29) is 5.97 Å². The number of carbonyl (C=O) groups excluding carboxylic acids is 1. The van der Waals surface area contributed by atoms with Gasteiger partial charge in [0.15, 0.2) is 0 Å². The lowest BCUT2D eigenvalue weighted by molar-refractivity contribution is -0.888. The Morgan fingerprint density at radius 2 is 2.13 bits per heavy atom. The van der Waals surface area contributed by atoms with Gasteiger partial charge in [0.1, 0.15) is 0 Å². The Balaban J connectivity index is 0.000000265. The quantitative estimate of drug-likeness (QED) is 0.695. The Morgan fingerprint density at radius 3 is 2.40 bits per heavy atom. The van der Waals surface area contributed by atoms with Gasteiger partial charge in [0, 0.05) is 12.3 Å². The maximum absolute atomic E-state index is 10.2. The van der Waals surface area contributed by atoms with Crippen LogP contribution in [0.25, 0.3) is 0 Å². The first-order chi connectivity index (χ1) is 7.10. The summed E-state index contributed by atoms with van der Waals surface area (Å²) in [4.78, 5) is 11.9. The molecule has 2 atom stereocenters. The fourth-order valence-corrected chi connectivity index (χ4v) is 1.81. The molecule has 0 bridgehead atoms. The van der Waals surface area contributed by atoms with Crippen molar-refractivity contribution in [2.75, 3.05) is 26.7 Å². The maximum Gasteiger partial charge on any atom is 0.305 e. The van der Waals surface area contributed by atoms with Crippen LogP contribution in [0.5, 0.6) is 0 Å². The Morgan fingerprint density at radius 1 is 1.47 bits per heavy atom. The molecule has 3 nitrogen and oxygen atoms in total. The van der Waals surface area contributed by atoms with E-state index in [1.54, 1.807) is 18.7 Å². The van der Waals surface area contributed by atoms with Crippen molar-refractivity contribution >= 4 is 5.97 Å². The van der Waals surface area contributed by atoms with Gasteiger partial charge in [-0.1, -0.05) is 13.8 Å². The van der Waals surface area contributed by atoms with Gasteiger partial charge in [-0.05, 0) is 19.8 Å². The number of quaternary nitrogens is 1. The van der Waals surface area contributed by atoms with Crippen molar-refractivity contribution in [2.45, 2.75) is 40.0 Å². The minimum Gasteiger partial charge on any atom is -0.466 e. The van der Waals surface area contributed by atoms with E-state index in [2.05, 4.69) is 18.7 Å². The number of carbonyl (C=O) groups is 1. The zero-order valence-corrected chi connectivity index (χ0v) is 10.6. The van der Waals surface area contributed by atoms with Crippen molar-refractivity contribution in [3.05, 3.63) is 0 Å². The molecule has 0 aliphatic carbocycles. The predicted molar refractivity (Wildman–Crippen MR) is 61.9 cm³/mol. The second-order valence-electron chi connectivity index (χ2n) is 4.32. The number of piperidine rings is 1. The molecule has 1 aliphatic heterocycles. The zero-order chi connectivity index (χ0) is 11.7. The lowest BCUT2D eigenvalue weighted by Crippen LogP contribution is -3.10. The van der Waals surface area contributed by atoms with Gasteiger partial charge < -0.3 is 9.64 Å². The first-order valence-electron chi connectivity index (χ1n) is 6.07. The Hall–Kier alpha value is -0.570. The molecule has 1 rings (SSSR count). The van der Waals surface area contributed by atoms with Crippen LogP contribution >= 0.6 is 0 Å². The molecule has 1 aliphatic rings. The second-order valence-corrected chi connectivity index (χ2v) is 4.32. The minimum absolute atomic E-state index is 0.123. The number of esters is 1. The van der Waals surface area contributed by atoms with Gasteiger partial charge in [-0.3, -0.25) is 4.79 Å². The molecular weight excluding hydrogens is 190 g/mol. The lowest BCUT2D eigenvalue weighted by Gasteiger charge is -2.23. The minimum atomic E-state index is -0.123. The third kappa shape index (κ3) is 8.43. The van der Waals surface area contributed by atoms with E-state index in [1.807, 2.05) is 0 Å². The normalized spacial score (nSPS) is 25.1. The van der Waals surface area contributed by atoms with Crippen LogP contribution in [0.2, 0.25) is 0 Å². The van der Waals surface area contributed by atoms with Crippen LogP contribution in [-0.4, -0.2) is 32.7 Å². The first kappa shape index (κ1) is 14.4. The van der Waals surface area contributed by atoms with Crippen molar-refractivity contribution < 1.29 is 14.4 Å². The second kappa shape index (κ2) is 8.72. The molecule has 3 heteroatoms. The highest BCUT2D eigenvalue weighted by Gasteiger charge is 2.14. The highest BCUT2D eigenvalue weighted by Crippen LogP contribution is 2.03.